The summed E-state index contributed by atoms with van der Waals surface area (Å²) in [6.07, 6.45) is 0. The Balaban J connectivity index is 1.36. The predicted molar refractivity (Wildman–Crippen MR) is 193 cm³/mol. The number of rotatable bonds is 6. The second-order valence-electron chi connectivity index (χ2n) is 11.8. The van der Waals surface area contributed by atoms with Gasteiger partial charge in [0.25, 0.3) is 0 Å². The van der Waals surface area contributed by atoms with Gasteiger partial charge in [-0.05, 0) is 121 Å². The highest BCUT2D eigenvalue weighted by Crippen LogP contribution is 2.38. The molecule has 8 aromatic rings. The Hall–Kier alpha value is -6.85. The lowest BCUT2D eigenvalue weighted by Crippen LogP contribution is -2.08. The van der Waals surface area contributed by atoms with Crippen LogP contribution in [0.15, 0.2) is 143 Å². The van der Waals surface area contributed by atoms with E-state index in [9.17, 15) is 28.8 Å². The number of phenolic OH excluding ortho intramolecular Hbond substituents is 4. The number of para-hydroxylation sites is 2. The normalized spacial score (nSPS) is 11.6. The van der Waals surface area contributed by atoms with Gasteiger partial charge >= 0.3 is 0 Å². The van der Waals surface area contributed by atoms with Crippen molar-refractivity contribution < 1.29 is 28.8 Å². The average molecular weight is 691 g/mol. The van der Waals surface area contributed by atoms with Crippen molar-refractivity contribution in [2.45, 2.75) is 9.79 Å². The summed E-state index contributed by atoms with van der Waals surface area (Å²) in [7, 11) is -4.32. The third kappa shape index (κ3) is 5.71. The third-order valence-electron chi connectivity index (χ3n) is 8.46. The third-order valence-corrected chi connectivity index (χ3v) is 10.3. The van der Waals surface area contributed by atoms with Gasteiger partial charge in [0.15, 0.2) is 0 Å². The summed E-state index contributed by atoms with van der Waals surface area (Å²) >= 11 is 0. The Bertz CT molecular complexity index is 2540. The molecule has 51 heavy (non-hydrogen) atoms. The predicted octanol–water partition coefficient (Wildman–Crippen LogP) is 7.90. The van der Waals surface area contributed by atoms with Crippen LogP contribution in [0, 0.1) is 0 Å². The van der Waals surface area contributed by atoms with E-state index in [-0.39, 0.29) is 43.8 Å². The van der Waals surface area contributed by atoms with Gasteiger partial charge < -0.3 is 20.4 Å². The molecule has 0 fully saturated rings. The van der Waals surface area contributed by atoms with Crippen LogP contribution in [0.4, 0.5) is 0 Å². The molecule has 0 bridgehead atoms. The molecule has 0 aliphatic heterocycles. The Labute approximate surface area is 291 Å². The molecule has 0 radical (unpaired) electrons. The van der Waals surface area contributed by atoms with Crippen LogP contribution in [-0.2, 0) is 9.84 Å². The Morgan fingerprint density at radius 1 is 0.353 bits per heavy atom. The molecule has 0 saturated carbocycles. The minimum Gasteiger partial charge on any atom is -0.508 e. The number of fused-ring (bicyclic) bond motifs is 2. The molecular weight excluding hydrogens is 665 g/mol. The summed E-state index contributed by atoms with van der Waals surface area (Å²) in [5.74, 6) is 0.265. The molecular formula is C40H26N4O6S. The largest absolute Gasteiger partial charge is 0.508 e. The summed E-state index contributed by atoms with van der Waals surface area (Å²) < 4.78 is 29.5. The van der Waals surface area contributed by atoms with E-state index in [4.69, 9.17) is 19.9 Å². The van der Waals surface area contributed by atoms with E-state index in [1.165, 1.54) is 60.7 Å². The smallest absolute Gasteiger partial charge is 0.211 e. The summed E-state index contributed by atoms with van der Waals surface area (Å²) in [5.41, 5.74) is 5.06. The van der Waals surface area contributed by atoms with Crippen molar-refractivity contribution in [2.75, 3.05) is 0 Å². The highest BCUT2D eigenvalue weighted by atomic mass is 32.2. The van der Waals surface area contributed by atoms with E-state index in [2.05, 4.69) is 0 Å². The summed E-state index contributed by atoms with van der Waals surface area (Å²) in [5, 5.41) is 39.8. The fraction of sp³-hybridized carbons (Fsp3) is 0. The molecule has 0 aliphatic carbocycles. The summed E-state index contributed by atoms with van der Waals surface area (Å²) in [6, 6.07) is 35.2. The maximum absolute atomic E-state index is 14.8. The number of hydrogen-bond donors (Lipinski definition) is 4. The molecule has 0 amide bonds. The zero-order valence-electron chi connectivity index (χ0n) is 26.5. The fourth-order valence-corrected chi connectivity index (χ4v) is 7.50. The maximum Gasteiger partial charge on any atom is 0.211 e. The molecule has 0 aliphatic rings. The molecule has 2 aromatic heterocycles. The van der Waals surface area contributed by atoms with Crippen LogP contribution in [0.5, 0.6) is 23.0 Å². The van der Waals surface area contributed by atoms with Crippen molar-refractivity contribution in [1.29, 1.82) is 0 Å². The summed E-state index contributed by atoms with van der Waals surface area (Å²) in [4.78, 5) is 19.4. The molecule has 10 nitrogen and oxygen atoms in total. The first kappa shape index (κ1) is 31.4. The Morgan fingerprint density at radius 3 is 0.922 bits per heavy atom. The van der Waals surface area contributed by atoms with Crippen LogP contribution in [0.25, 0.3) is 67.1 Å². The molecule has 11 heteroatoms. The molecule has 4 N–H and O–H groups in total. The molecule has 2 heterocycles. The van der Waals surface area contributed by atoms with Gasteiger partial charge in [-0.15, -0.1) is 0 Å². The molecule has 0 unspecified atom stereocenters. The van der Waals surface area contributed by atoms with Crippen LogP contribution in [0.3, 0.4) is 0 Å². The Morgan fingerprint density at radius 2 is 0.627 bits per heavy atom. The average Bonchev–Trinajstić information content (AvgIpc) is 3.14. The number of aromatic nitrogens is 4. The van der Waals surface area contributed by atoms with Crippen molar-refractivity contribution in [3.63, 3.8) is 0 Å². The minimum absolute atomic E-state index is 0.0549. The first-order chi connectivity index (χ1) is 24.7. The fourth-order valence-electron chi connectivity index (χ4n) is 5.94. The van der Waals surface area contributed by atoms with Gasteiger partial charge in [-0.25, -0.2) is 28.4 Å². The SMILES string of the molecule is O=S(=O)(c1cccc2nc(-c3ccc(O)cc3)c(-c3ccc(O)cc3)nc12)c1cccc2nc(-c3ccc(O)cc3)c(-c3ccc(O)cc3)nc12. The van der Waals surface area contributed by atoms with Gasteiger partial charge in [-0.1, -0.05) is 12.1 Å². The number of hydrogen-bond acceptors (Lipinski definition) is 10. The molecule has 6 aromatic carbocycles. The highest BCUT2D eigenvalue weighted by Gasteiger charge is 2.27. The molecule has 0 atom stereocenters. The van der Waals surface area contributed by atoms with E-state index in [0.717, 1.165) is 0 Å². The van der Waals surface area contributed by atoms with Gasteiger partial charge in [-0.2, -0.15) is 0 Å². The lowest BCUT2D eigenvalue weighted by Gasteiger charge is -2.15. The topological polar surface area (TPSA) is 167 Å². The number of phenols is 4. The van der Waals surface area contributed by atoms with Gasteiger partial charge in [-0.3, -0.25) is 0 Å². The number of aromatic hydroxyl groups is 4. The van der Waals surface area contributed by atoms with E-state index in [0.29, 0.717) is 56.1 Å². The summed E-state index contributed by atoms with van der Waals surface area (Å²) in [6.45, 7) is 0. The van der Waals surface area contributed by atoms with Crippen molar-refractivity contribution >= 4 is 31.9 Å². The van der Waals surface area contributed by atoms with Gasteiger partial charge in [0, 0.05) is 22.3 Å². The standard InChI is InChI=1S/C40H26N4O6S/c45-27-15-7-23(8-16-27)35-37(25-11-19-29(47)20-12-25)43-39-31(41-35)3-1-5-33(39)51(49,50)34-6-2-4-32-40(34)44-38(26-13-21-30(48)22-14-26)36(42-32)24-9-17-28(46)18-10-24/h1-22,45-48H. The van der Waals surface area contributed by atoms with Crippen LogP contribution in [0.1, 0.15) is 0 Å². The van der Waals surface area contributed by atoms with Gasteiger partial charge in [0.1, 0.15) is 34.0 Å². The van der Waals surface area contributed by atoms with E-state index < -0.39 is 9.84 Å². The number of nitrogens with zero attached hydrogens (tertiary/aromatic N) is 4. The lowest BCUT2D eigenvalue weighted by atomic mass is 10.0. The van der Waals surface area contributed by atoms with E-state index >= 15 is 0 Å². The maximum atomic E-state index is 14.8. The number of benzene rings is 6. The second kappa shape index (κ2) is 12.2. The van der Waals surface area contributed by atoms with E-state index in [1.807, 2.05) is 0 Å². The van der Waals surface area contributed by atoms with Gasteiger partial charge in [0.2, 0.25) is 9.84 Å². The highest BCUT2D eigenvalue weighted by molar-refractivity contribution is 7.92. The zero-order chi connectivity index (χ0) is 35.3. The lowest BCUT2D eigenvalue weighted by molar-refractivity contribution is 0.475. The van der Waals surface area contributed by atoms with Crippen molar-refractivity contribution in [1.82, 2.24) is 19.9 Å². The van der Waals surface area contributed by atoms with Crippen LogP contribution < -0.4 is 0 Å². The van der Waals surface area contributed by atoms with Crippen molar-refractivity contribution in [3.05, 3.63) is 133 Å². The van der Waals surface area contributed by atoms with Gasteiger partial charge in [0.05, 0.1) is 43.6 Å². The molecule has 0 spiro atoms. The number of sulfone groups is 1. The first-order valence-corrected chi connectivity index (χ1v) is 17.2. The second-order valence-corrected chi connectivity index (χ2v) is 13.7. The molecule has 248 valence electrons. The van der Waals surface area contributed by atoms with Crippen LogP contribution in [-0.4, -0.2) is 48.8 Å². The van der Waals surface area contributed by atoms with E-state index in [1.54, 1.807) is 72.8 Å². The quantitative estimate of drug-likeness (QED) is 0.135. The van der Waals surface area contributed by atoms with Crippen molar-refractivity contribution in [3.8, 4) is 68.0 Å². The monoisotopic (exact) mass is 690 g/mol. The molecule has 0 saturated heterocycles. The minimum atomic E-state index is -4.32. The van der Waals surface area contributed by atoms with Crippen molar-refractivity contribution in [2.24, 2.45) is 0 Å². The first-order valence-electron chi connectivity index (χ1n) is 15.7. The van der Waals surface area contributed by atoms with Crippen LogP contribution in [0.2, 0.25) is 0 Å². The Kier molecular flexibility index (Phi) is 7.54. The zero-order valence-corrected chi connectivity index (χ0v) is 27.3. The van der Waals surface area contributed by atoms with Crippen LogP contribution >= 0.6 is 0 Å². The molecule has 8 rings (SSSR count).